The molecule has 0 amide bonds. The molecule has 0 nitrogen and oxygen atoms in total. The van der Waals surface area contributed by atoms with Crippen LogP contribution < -0.4 is 0 Å². The van der Waals surface area contributed by atoms with Gasteiger partial charge in [0, 0.05) is 0 Å². The lowest BCUT2D eigenvalue weighted by molar-refractivity contribution is -0.0428. The van der Waals surface area contributed by atoms with Crippen molar-refractivity contribution in [2.75, 3.05) is 0 Å². The third kappa shape index (κ3) is 1.52. The Kier molecular flexibility index (Phi) is 2.51. The van der Waals surface area contributed by atoms with E-state index in [4.69, 9.17) is 0 Å². The maximum Gasteiger partial charge on any atom is -0.00445 e. The standard InChI is InChI=1S/C21H30/c1-3-21-11-9-18-16(19(21)17-12-14(17)13-21)8-7-15-6-4-5-10-20(15,18)2/h4,6-7,14,16-19H,3,5,8-13H2,1-2H3/t14-,16-,17-,18+,19-,20+,21-/m1/s1. The highest BCUT2D eigenvalue weighted by atomic mass is 14.7. The van der Waals surface area contributed by atoms with Crippen LogP contribution in [0, 0.1) is 40.4 Å². The fourth-order valence-electron chi connectivity index (χ4n) is 7.56. The van der Waals surface area contributed by atoms with Crippen LogP contribution in [0.4, 0.5) is 0 Å². The molecule has 21 heavy (non-hydrogen) atoms. The van der Waals surface area contributed by atoms with Crippen LogP contribution in [-0.2, 0) is 0 Å². The average Bonchev–Trinajstić information content (AvgIpc) is 3.17. The Labute approximate surface area is 130 Å². The van der Waals surface area contributed by atoms with Crippen molar-refractivity contribution in [1.82, 2.24) is 0 Å². The summed E-state index contributed by atoms with van der Waals surface area (Å²) in [5, 5.41) is 0. The molecule has 0 heterocycles. The van der Waals surface area contributed by atoms with Gasteiger partial charge in [0.25, 0.3) is 0 Å². The average molecular weight is 282 g/mol. The van der Waals surface area contributed by atoms with Crippen LogP contribution in [0.25, 0.3) is 0 Å². The van der Waals surface area contributed by atoms with Crippen molar-refractivity contribution < 1.29 is 0 Å². The normalized spacial score (nSPS) is 56.9. The largest absolute Gasteiger partial charge is 0.0842 e. The summed E-state index contributed by atoms with van der Waals surface area (Å²) >= 11 is 0. The van der Waals surface area contributed by atoms with E-state index >= 15 is 0 Å². The minimum Gasteiger partial charge on any atom is -0.0842 e. The number of hydrogen-bond acceptors (Lipinski definition) is 0. The fourth-order valence-corrected chi connectivity index (χ4v) is 7.56. The van der Waals surface area contributed by atoms with Crippen LogP contribution in [0.5, 0.6) is 0 Å². The van der Waals surface area contributed by atoms with Gasteiger partial charge in [0.05, 0.1) is 0 Å². The lowest BCUT2D eigenvalue weighted by Crippen LogP contribution is -2.49. The molecule has 0 aromatic heterocycles. The zero-order valence-corrected chi connectivity index (χ0v) is 13.8. The molecule has 114 valence electrons. The molecule has 0 radical (unpaired) electrons. The van der Waals surface area contributed by atoms with Gasteiger partial charge in [-0.3, -0.25) is 0 Å². The molecule has 0 N–H and O–H groups in total. The molecule has 3 saturated carbocycles. The Bertz CT molecular complexity index is 526. The molecule has 5 aliphatic rings. The number of hydrogen-bond donors (Lipinski definition) is 0. The summed E-state index contributed by atoms with van der Waals surface area (Å²) in [6.07, 6.45) is 19.4. The first kappa shape index (κ1) is 13.0. The molecule has 0 aliphatic heterocycles. The Morgan fingerprint density at radius 3 is 3.00 bits per heavy atom. The lowest BCUT2D eigenvalue weighted by atomic mass is 9.47. The summed E-state index contributed by atoms with van der Waals surface area (Å²) in [7, 11) is 0. The zero-order chi connectivity index (χ0) is 14.2. The highest BCUT2D eigenvalue weighted by molar-refractivity contribution is 5.34. The highest BCUT2D eigenvalue weighted by Gasteiger charge is 2.65. The first-order valence-corrected chi connectivity index (χ1v) is 9.55. The Hall–Kier alpha value is -0.520. The molecule has 5 aliphatic carbocycles. The predicted octanol–water partition coefficient (Wildman–Crippen LogP) is 5.75. The Morgan fingerprint density at radius 2 is 2.14 bits per heavy atom. The molecular formula is C21H30. The topological polar surface area (TPSA) is 0 Å². The molecule has 0 heteroatoms. The lowest BCUT2D eigenvalue weighted by Gasteiger charge is -2.57. The second kappa shape index (κ2) is 4.06. The van der Waals surface area contributed by atoms with Gasteiger partial charge in [-0.2, -0.15) is 0 Å². The van der Waals surface area contributed by atoms with Crippen LogP contribution in [0.15, 0.2) is 23.8 Å². The van der Waals surface area contributed by atoms with E-state index in [1.54, 1.807) is 24.8 Å². The minimum atomic E-state index is 0.518. The Morgan fingerprint density at radius 1 is 1.24 bits per heavy atom. The zero-order valence-electron chi connectivity index (χ0n) is 13.8. The number of rotatable bonds is 1. The second-order valence-corrected chi connectivity index (χ2v) is 9.17. The van der Waals surface area contributed by atoms with Gasteiger partial charge in [-0.1, -0.05) is 38.5 Å². The second-order valence-electron chi connectivity index (χ2n) is 9.17. The van der Waals surface area contributed by atoms with E-state index in [1.807, 2.05) is 0 Å². The van der Waals surface area contributed by atoms with Crippen LogP contribution in [0.2, 0.25) is 0 Å². The maximum absolute atomic E-state index is 2.65. The summed E-state index contributed by atoms with van der Waals surface area (Å²) in [4.78, 5) is 0. The van der Waals surface area contributed by atoms with E-state index in [1.165, 1.54) is 32.1 Å². The summed E-state index contributed by atoms with van der Waals surface area (Å²) in [6.45, 7) is 5.10. The molecule has 3 fully saturated rings. The molecule has 0 spiro atoms. The van der Waals surface area contributed by atoms with E-state index in [2.05, 4.69) is 32.1 Å². The summed E-state index contributed by atoms with van der Waals surface area (Å²) in [6, 6.07) is 0. The van der Waals surface area contributed by atoms with Gasteiger partial charge in [0.15, 0.2) is 0 Å². The SMILES string of the molecule is CC[C@]12CC[C@H]3[C@@H](CC=C4C=CCC[C@@]43C)[C@@H]1[C@@H]1C[C@@H]1C2. The van der Waals surface area contributed by atoms with E-state index < -0.39 is 0 Å². The molecule has 0 aromatic rings. The van der Waals surface area contributed by atoms with Crippen molar-refractivity contribution in [2.45, 2.75) is 65.2 Å². The third-order valence-corrected chi connectivity index (χ3v) is 8.67. The van der Waals surface area contributed by atoms with Gasteiger partial charge in [-0.25, -0.2) is 0 Å². The highest BCUT2D eigenvalue weighted by Crippen LogP contribution is 2.73. The summed E-state index contributed by atoms with van der Waals surface area (Å²) in [5.74, 6) is 5.38. The van der Waals surface area contributed by atoms with Crippen LogP contribution in [-0.4, -0.2) is 0 Å². The molecule has 0 bridgehead atoms. The monoisotopic (exact) mass is 282 g/mol. The summed E-state index contributed by atoms with van der Waals surface area (Å²) < 4.78 is 0. The van der Waals surface area contributed by atoms with Crippen molar-refractivity contribution in [2.24, 2.45) is 40.4 Å². The van der Waals surface area contributed by atoms with Gasteiger partial charge < -0.3 is 0 Å². The fraction of sp³-hybridized carbons (Fsp3) is 0.810. The van der Waals surface area contributed by atoms with Crippen molar-refractivity contribution in [3.05, 3.63) is 23.8 Å². The van der Waals surface area contributed by atoms with Gasteiger partial charge in [-0.15, -0.1) is 0 Å². The van der Waals surface area contributed by atoms with E-state index in [9.17, 15) is 0 Å². The smallest absolute Gasteiger partial charge is 0.00445 e. The molecule has 5 rings (SSSR count). The molecule has 0 aromatic carbocycles. The van der Waals surface area contributed by atoms with Crippen LogP contribution in [0.3, 0.4) is 0 Å². The van der Waals surface area contributed by atoms with E-state index in [-0.39, 0.29) is 0 Å². The van der Waals surface area contributed by atoms with Crippen molar-refractivity contribution in [3.63, 3.8) is 0 Å². The molecular weight excluding hydrogens is 252 g/mol. The van der Waals surface area contributed by atoms with Gasteiger partial charge in [0.2, 0.25) is 0 Å². The quantitative estimate of drug-likeness (QED) is 0.574. The third-order valence-electron chi connectivity index (χ3n) is 8.67. The molecule has 7 atom stereocenters. The van der Waals surface area contributed by atoms with Gasteiger partial charge in [0.1, 0.15) is 0 Å². The predicted molar refractivity (Wildman–Crippen MR) is 87.8 cm³/mol. The van der Waals surface area contributed by atoms with E-state index in [0.29, 0.717) is 5.41 Å². The maximum atomic E-state index is 2.65. The van der Waals surface area contributed by atoms with Gasteiger partial charge >= 0.3 is 0 Å². The molecule has 0 saturated heterocycles. The van der Waals surface area contributed by atoms with E-state index in [0.717, 1.165) is 35.0 Å². The van der Waals surface area contributed by atoms with Crippen molar-refractivity contribution >= 4 is 0 Å². The first-order valence-electron chi connectivity index (χ1n) is 9.55. The van der Waals surface area contributed by atoms with Crippen molar-refractivity contribution in [1.29, 1.82) is 0 Å². The number of allylic oxidation sites excluding steroid dienone is 4. The first-order chi connectivity index (χ1) is 10.2. The van der Waals surface area contributed by atoms with Crippen LogP contribution >= 0.6 is 0 Å². The van der Waals surface area contributed by atoms with Gasteiger partial charge in [-0.05, 0) is 90.9 Å². The summed E-state index contributed by atoms with van der Waals surface area (Å²) in [5.41, 5.74) is 2.98. The Balaban J connectivity index is 1.56. The number of fused-ring (bicyclic) bond motifs is 7. The minimum absolute atomic E-state index is 0.518. The molecule has 0 unspecified atom stereocenters. The van der Waals surface area contributed by atoms with Crippen LogP contribution in [0.1, 0.15) is 65.2 Å². The van der Waals surface area contributed by atoms with Crippen molar-refractivity contribution in [3.8, 4) is 0 Å².